The fraction of sp³-hybridized carbons (Fsp3) is 0.538. The Hall–Kier alpha value is -0.970. The van der Waals surface area contributed by atoms with Crippen LogP contribution in [-0.2, 0) is 0 Å². The Bertz CT molecular complexity index is 368. The van der Waals surface area contributed by atoms with Crippen LogP contribution in [0, 0.1) is 5.82 Å². The van der Waals surface area contributed by atoms with E-state index in [1.807, 2.05) is 13.8 Å². The van der Waals surface area contributed by atoms with Crippen LogP contribution < -0.4 is 5.32 Å². The molecule has 1 aromatic rings. The molecule has 1 aromatic carbocycles. The molecular weight excluding hydrogens is 221 g/mol. The second kappa shape index (κ2) is 5.58. The third-order valence-electron chi connectivity index (χ3n) is 2.68. The minimum absolute atomic E-state index is 0.0345. The zero-order valence-electron chi connectivity index (χ0n) is 10.4. The van der Waals surface area contributed by atoms with Crippen LogP contribution in [-0.4, -0.2) is 28.4 Å². The van der Waals surface area contributed by atoms with E-state index in [1.165, 1.54) is 12.1 Å². The summed E-state index contributed by atoms with van der Waals surface area (Å²) in [5.74, 6) is -0.366. The van der Waals surface area contributed by atoms with Crippen molar-refractivity contribution in [1.82, 2.24) is 5.32 Å². The summed E-state index contributed by atoms with van der Waals surface area (Å²) in [6.45, 7) is 5.43. The van der Waals surface area contributed by atoms with E-state index >= 15 is 0 Å². The van der Waals surface area contributed by atoms with E-state index in [9.17, 15) is 9.50 Å². The van der Waals surface area contributed by atoms with Crippen molar-refractivity contribution in [2.24, 2.45) is 0 Å². The Morgan fingerprint density at radius 3 is 2.59 bits per heavy atom. The van der Waals surface area contributed by atoms with Gasteiger partial charge in [0.05, 0.1) is 12.7 Å². The molecule has 17 heavy (non-hydrogen) atoms. The van der Waals surface area contributed by atoms with Crippen molar-refractivity contribution in [1.29, 1.82) is 0 Å². The SMILES string of the molecule is C[C@H](NC(C)(C)CO)C(O)c1cccc(F)c1. The van der Waals surface area contributed by atoms with Gasteiger partial charge in [-0.25, -0.2) is 4.39 Å². The second-order valence-electron chi connectivity index (χ2n) is 4.97. The molecule has 1 rings (SSSR count). The van der Waals surface area contributed by atoms with Crippen LogP contribution in [0.15, 0.2) is 24.3 Å². The fourth-order valence-corrected chi connectivity index (χ4v) is 1.72. The maximum Gasteiger partial charge on any atom is 0.123 e. The summed E-state index contributed by atoms with van der Waals surface area (Å²) < 4.78 is 13.0. The van der Waals surface area contributed by atoms with E-state index < -0.39 is 11.6 Å². The predicted octanol–water partition coefficient (Wildman–Crippen LogP) is 1.61. The van der Waals surface area contributed by atoms with Crippen LogP contribution in [0.25, 0.3) is 0 Å². The molecule has 0 aromatic heterocycles. The van der Waals surface area contributed by atoms with Crippen molar-refractivity contribution < 1.29 is 14.6 Å². The molecule has 0 spiro atoms. The smallest absolute Gasteiger partial charge is 0.123 e. The third kappa shape index (κ3) is 4.07. The van der Waals surface area contributed by atoms with Gasteiger partial charge in [0.15, 0.2) is 0 Å². The number of hydrogen-bond acceptors (Lipinski definition) is 3. The highest BCUT2D eigenvalue weighted by molar-refractivity contribution is 5.20. The Balaban J connectivity index is 2.73. The third-order valence-corrected chi connectivity index (χ3v) is 2.68. The average Bonchev–Trinajstić information content (AvgIpc) is 2.27. The number of hydrogen-bond donors (Lipinski definition) is 3. The summed E-state index contributed by atoms with van der Waals surface area (Å²) in [6, 6.07) is 5.62. The van der Waals surface area contributed by atoms with Crippen LogP contribution in [0.3, 0.4) is 0 Å². The molecule has 0 fully saturated rings. The molecule has 1 unspecified atom stereocenters. The van der Waals surface area contributed by atoms with E-state index in [4.69, 9.17) is 5.11 Å². The van der Waals surface area contributed by atoms with Crippen molar-refractivity contribution >= 4 is 0 Å². The second-order valence-corrected chi connectivity index (χ2v) is 4.97. The highest BCUT2D eigenvalue weighted by atomic mass is 19.1. The zero-order chi connectivity index (χ0) is 13.1. The van der Waals surface area contributed by atoms with Gasteiger partial charge in [0.1, 0.15) is 5.82 Å². The van der Waals surface area contributed by atoms with Crippen molar-refractivity contribution in [2.45, 2.75) is 38.5 Å². The lowest BCUT2D eigenvalue weighted by molar-refractivity contribution is 0.0989. The summed E-state index contributed by atoms with van der Waals surface area (Å²) in [6.07, 6.45) is -0.809. The largest absolute Gasteiger partial charge is 0.394 e. The molecule has 0 aliphatic heterocycles. The summed E-state index contributed by atoms with van der Waals surface area (Å²) in [7, 11) is 0. The van der Waals surface area contributed by atoms with E-state index in [0.717, 1.165) is 0 Å². The van der Waals surface area contributed by atoms with Gasteiger partial charge in [0.25, 0.3) is 0 Å². The quantitative estimate of drug-likeness (QED) is 0.734. The Morgan fingerprint density at radius 1 is 1.41 bits per heavy atom. The molecule has 3 N–H and O–H groups in total. The molecule has 0 aliphatic carbocycles. The van der Waals surface area contributed by atoms with E-state index in [2.05, 4.69) is 5.32 Å². The summed E-state index contributed by atoms with van der Waals surface area (Å²) in [5.41, 5.74) is 0.0482. The van der Waals surface area contributed by atoms with Crippen molar-refractivity contribution in [3.05, 3.63) is 35.6 Å². The number of aliphatic hydroxyl groups excluding tert-OH is 2. The molecule has 0 amide bonds. The van der Waals surface area contributed by atoms with Gasteiger partial charge in [0.2, 0.25) is 0 Å². The monoisotopic (exact) mass is 241 g/mol. The van der Waals surface area contributed by atoms with Gasteiger partial charge in [0, 0.05) is 11.6 Å². The summed E-state index contributed by atoms with van der Waals surface area (Å²) >= 11 is 0. The van der Waals surface area contributed by atoms with Gasteiger partial charge in [-0.3, -0.25) is 0 Å². The lowest BCUT2D eigenvalue weighted by Crippen LogP contribution is -2.49. The Kier molecular flexibility index (Phi) is 4.62. The van der Waals surface area contributed by atoms with Gasteiger partial charge >= 0.3 is 0 Å². The predicted molar refractivity (Wildman–Crippen MR) is 65.1 cm³/mol. The normalized spacial score (nSPS) is 15.6. The molecule has 2 atom stereocenters. The van der Waals surface area contributed by atoms with E-state index in [0.29, 0.717) is 5.56 Å². The summed E-state index contributed by atoms with van der Waals surface area (Å²) in [5, 5.41) is 22.3. The van der Waals surface area contributed by atoms with Crippen molar-refractivity contribution in [3.63, 3.8) is 0 Å². The molecule has 0 radical (unpaired) electrons. The molecule has 0 saturated heterocycles. The maximum absolute atomic E-state index is 13.0. The van der Waals surface area contributed by atoms with Crippen LogP contribution in [0.4, 0.5) is 4.39 Å². The number of aliphatic hydroxyl groups is 2. The number of rotatable bonds is 5. The lowest BCUT2D eigenvalue weighted by atomic mass is 9.99. The number of nitrogens with one attached hydrogen (secondary N) is 1. The first-order chi connectivity index (χ1) is 7.85. The number of benzene rings is 1. The molecular formula is C13H20FNO2. The van der Waals surface area contributed by atoms with Gasteiger partial charge in [-0.15, -0.1) is 0 Å². The van der Waals surface area contributed by atoms with Gasteiger partial charge in [-0.05, 0) is 38.5 Å². The van der Waals surface area contributed by atoms with E-state index in [1.54, 1.807) is 19.1 Å². The lowest BCUT2D eigenvalue weighted by Gasteiger charge is -2.31. The van der Waals surface area contributed by atoms with Crippen LogP contribution in [0.1, 0.15) is 32.4 Å². The molecule has 0 bridgehead atoms. The first-order valence-electron chi connectivity index (χ1n) is 5.68. The topological polar surface area (TPSA) is 52.5 Å². The zero-order valence-corrected chi connectivity index (χ0v) is 10.4. The molecule has 4 heteroatoms. The highest BCUT2D eigenvalue weighted by Crippen LogP contribution is 2.19. The molecule has 0 saturated carbocycles. The Labute approximate surface area is 101 Å². The van der Waals surface area contributed by atoms with Crippen LogP contribution in [0.5, 0.6) is 0 Å². The average molecular weight is 241 g/mol. The van der Waals surface area contributed by atoms with Crippen LogP contribution >= 0.6 is 0 Å². The fourth-order valence-electron chi connectivity index (χ4n) is 1.72. The first-order valence-corrected chi connectivity index (χ1v) is 5.68. The van der Waals surface area contributed by atoms with Crippen molar-refractivity contribution in [2.75, 3.05) is 6.61 Å². The standard InChI is InChI=1S/C13H20FNO2/c1-9(15-13(2,3)8-16)12(17)10-5-4-6-11(14)7-10/h4-7,9,12,15-17H,8H2,1-3H3/t9-,12?/m0/s1. The maximum atomic E-state index is 13.0. The van der Waals surface area contributed by atoms with Gasteiger partial charge in [-0.1, -0.05) is 12.1 Å². The van der Waals surface area contributed by atoms with Crippen molar-refractivity contribution in [3.8, 4) is 0 Å². The van der Waals surface area contributed by atoms with E-state index in [-0.39, 0.29) is 18.5 Å². The highest BCUT2D eigenvalue weighted by Gasteiger charge is 2.24. The number of halogens is 1. The van der Waals surface area contributed by atoms with Gasteiger partial charge in [-0.2, -0.15) is 0 Å². The van der Waals surface area contributed by atoms with Crippen LogP contribution in [0.2, 0.25) is 0 Å². The molecule has 96 valence electrons. The minimum Gasteiger partial charge on any atom is -0.394 e. The first kappa shape index (κ1) is 14.1. The molecule has 3 nitrogen and oxygen atoms in total. The Morgan fingerprint density at radius 2 is 2.06 bits per heavy atom. The summed E-state index contributed by atoms with van der Waals surface area (Å²) in [4.78, 5) is 0. The van der Waals surface area contributed by atoms with Gasteiger partial charge < -0.3 is 15.5 Å². The minimum atomic E-state index is -0.809. The molecule has 0 aliphatic rings. The molecule has 0 heterocycles.